The fourth-order valence-electron chi connectivity index (χ4n) is 1.51. The Bertz CT molecular complexity index is 645. The summed E-state index contributed by atoms with van der Waals surface area (Å²) in [6.45, 7) is 3.82. The van der Waals surface area contributed by atoms with Crippen LogP contribution in [-0.4, -0.2) is 39.5 Å². The highest BCUT2D eigenvalue weighted by molar-refractivity contribution is 7.90. The second-order valence-corrected chi connectivity index (χ2v) is 6.37. The van der Waals surface area contributed by atoms with Gasteiger partial charge in [-0.2, -0.15) is 12.7 Å². The summed E-state index contributed by atoms with van der Waals surface area (Å²) in [5.41, 5.74) is 6.33. The van der Waals surface area contributed by atoms with E-state index in [0.29, 0.717) is 17.0 Å². The van der Waals surface area contributed by atoms with Crippen molar-refractivity contribution in [2.75, 3.05) is 25.4 Å². The number of methoxy groups -OCH3 is 1. The van der Waals surface area contributed by atoms with E-state index in [9.17, 15) is 8.42 Å². The van der Waals surface area contributed by atoms with Crippen LogP contribution in [0.1, 0.15) is 19.4 Å². The Balaban J connectivity index is 3.16. The van der Waals surface area contributed by atoms with Crippen LogP contribution in [-0.2, 0) is 10.2 Å². The molecule has 1 aromatic carbocycles. The van der Waals surface area contributed by atoms with Crippen molar-refractivity contribution in [2.24, 2.45) is 5.73 Å². The lowest BCUT2D eigenvalue weighted by Crippen LogP contribution is -2.37. The van der Waals surface area contributed by atoms with Crippen LogP contribution in [0.5, 0.6) is 5.75 Å². The second-order valence-electron chi connectivity index (χ2n) is 4.64. The highest BCUT2D eigenvalue weighted by Crippen LogP contribution is 2.27. The van der Waals surface area contributed by atoms with Gasteiger partial charge < -0.3 is 10.5 Å². The third kappa shape index (κ3) is 4.63. The summed E-state index contributed by atoms with van der Waals surface area (Å²) in [6, 6.07) is 4.86. The number of hydrogen-bond donors (Lipinski definition) is 2. The van der Waals surface area contributed by atoms with Crippen LogP contribution >= 0.6 is 0 Å². The molecule has 0 aliphatic carbocycles. The number of hydrogen-bond acceptors (Lipinski definition) is 4. The summed E-state index contributed by atoms with van der Waals surface area (Å²) in [4.78, 5) is 0. The van der Waals surface area contributed by atoms with Gasteiger partial charge in [-0.05, 0) is 32.0 Å². The van der Waals surface area contributed by atoms with Crippen molar-refractivity contribution in [3.8, 4) is 17.6 Å². The number of nitrogens with two attached hydrogens (primary N) is 1. The monoisotopic (exact) mass is 311 g/mol. The summed E-state index contributed by atoms with van der Waals surface area (Å²) < 4.78 is 33.4. The zero-order valence-electron chi connectivity index (χ0n) is 12.7. The summed E-state index contributed by atoms with van der Waals surface area (Å²) in [5.74, 6) is 6.00. The second kappa shape index (κ2) is 7.31. The first kappa shape index (κ1) is 17.3. The van der Waals surface area contributed by atoms with Gasteiger partial charge in [-0.25, -0.2) is 0 Å². The smallest absolute Gasteiger partial charge is 0.301 e. The molecule has 1 aromatic rings. The van der Waals surface area contributed by atoms with Gasteiger partial charge in [0.15, 0.2) is 0 Å². The number of nitrogens with one attached hydrogen (secondary N) is 1. The Morgan fingerprint density at radius 1 is 1.43 bits per heavy atom. The molecule has 0 spiro atoms. The first-order chi connectivity index (χ1) is 9.81. The molecule has 0 bridgehead atoms. The van der Waals surface area contributed by atoms with Crippen LogP contribution in [0, 0.1) is 11.8 Å². The minimum absolute atomic E-state index is 0.159. The number of nitrogens with zero attached hydrogens (tertiary/aromatic N) is 1. The van der Waals surface area contributed by atoms with E-state index in [1.165, 1.54) is 18.5 Å². The molecule has 3 N–H and O–H groups in total. The Kier molecular flexibility index (Phi) is 6.03. The van der Waals surface area contributed by atoms with Gasteiger partial charge in [-0.3, -0.25) is 4.72 Å². The standard InChI is InChI=1S/C14H21N3O3S/c1-11(2)17(3)21(18,19)16-13-10-12(6-5-9-15)7-8-14(13)20-4/h7-8,10-11,16H,9,15H2,1-4H3. The molecule has 0 saturated heterocycles. The van der Waals surface area contributed by atoms with E-state index in [0.717, 1.165) is 0 Å². The van der Waals surface area contributed by atoms with Crippen molar-refractivity contribution >= 4 is 15.9 Å². The minimum Gasteiger partial charge on any atom is -0.495 e. The molecule has 0 heterocycles. The fourth-order valence-corrected chi connectivity index (χ4v) is 2.64. The average Bonchev–Trinajstić information content (AvgIpc) is 2.43. The third-order valence-electron chi connectivity index (χ3n) is 2.88. The first-order valence-electron chi connectivity index (χ1n) is 6.44. The predicted molar refractivity (Wildman–Crippen MR) is 84.4 cm³/mol. The topological polar surface area (TPSA) is 84.7 Å². The lowest BCUT2D eigenvalue weighted by Gasteiger charge is -2.22. The van der Waals surface area contributed by atoms with Crippen LogP contribution in [0.4, 0.5) is 5.69 Å². The Morgan fingerprint density at radius 2 is 2.10 bits per heavy atom. The molecule has 21 heavy (non-hydrogen) atoms. The summed E-state index contributed by atoms with van der Waals surface area (Å²) in [6.07, 6.45) is 0. The highest BCUT2D eigenvalue weighted by atomic mass is 32.2. The molecule has 0 aromatic heterocycles. The Morgan fingerprint density at radius 3 is 2.62 bits per heavy atom. The van der Waals surface area contributed by atoms with Crippen molar-refractivity contribution < 1.29 is 13.2 Å². The van der Waals surface area contributed by atoms with Gasteiger partial charge in [0.1, 0.15) is 5.75 Å². The van der Waals surface area contributed by atoms with E-state index in [-0.39, 0.29) is 12.6 Å². The number of rotatable bonds is 5. The quantitative estimate of drug-likeness (QED) is 0.795. The van der Waals surface area contributed by atoms with Gasteiger partial charge >= 0.3 is 10.2 Å². The SMILES string of the molecule is COc1ccc(C#CCN)cc1NS(=O)(=O)N(C)C(C)C. The van der Waals surface area contributed by atoms with Crippen molar-refractivity contribution in [3.63, 3.8) is 0 Å². The average molecular weight is 311 g/mol. The van der Waals surface area contributed by atoms with Gasteiger partial charge in [0.2, 0.25) is 0 Å². The predicted octanol–water partition coefficient (Wildman–Crippen LogP) is 1.00. The molecule has 0 fully saturated rings. The summed E-state index contributed by atoms with van der Waals surface area (Å²) >= 11 is 0. The third-order valence-corrected chi connectivity index (χ3v) is 4.54. The van der Waals surface area contributed by atoms with Crippen LogP contribution in [0.15, 0.2) is 18.2 Å². The minimum atomic E-state index is -3.65. The first-order valence-corrected chi connectivity index (χ1v) is 7.88. The largest absolute Gasteiger partial charge is 0.495 e. The van der Waals surface area contributed by atoms with Crippen LogP contribution in [0.2, 0.25) is 0 Å². The van der Waals surface area contributed by atoms with Crippen molar-refractivity contribution in [1.82, 2.24) is 4.31 Å². The summed E-state index contributed by atoms with van der Waals surface area (Å²) in [7, 11) is -0.664. The molecule has 7 heteroatoms. The highest BCUT2D eigenvalue weighted by Gasteiger charge is 2.21. The maximum Gasteiger partial charge on any atom is 0.301 e. The lowest BCUT2D eigenvalue weighted by atomic mass is 10.2. The molecule has 0 aliphatic rings. The number of anilines is 1. The van der Waals surface area contributed by atoms with Gasteiger partial charge in [0.25, 0.3) is 0 Å². The van der Waals surface area contributed by atoms with Crippen molar-refractivity contribution in [3.05, 3.63) is 23.8 Å². The molecule has 1 rings (SSSR count). The van der Waals surface area contributed by atoms with Gasteiger partial charge in [-0.1, -0.05) is 11.8 Å². The Labute approximate surface area is 126 Å². The van der Waals surface area contributed by atoms with Crippen LogP contribution in [0.25, 0.3) is 0 Å². The van der Waals surface area contributed by atoms with E-state index in [1.54, 1.807) is 32.0 Å². The molecule has 0 saturated carbocycles. The maximum atomic E-state index is 12.2. The number of ether oxygens (including phenoxy) is 1. The van der Waals surface area contributed by atoms with Gasteiger partial charge in [0, 0.05) is 18.7 Å². The number of benzene rings is 1. The van der Waals surface area contributed by atoms with E-state index in [4.69, 9.17) is 10.5 Å². The Hall–Kier alpha value is -1.75. The molecule has 0 unspecified atom stereocenters. The molecular weight excluding hydrogens is 290 g/mol. The molecule has 0 atom stereocenters. The van der Waals surface area contributed by atoms with Crippen LogP contribution in [0.3, 0.4) is 0 Å². The van der Waals surface area contributed by atoms with Crippen molar-refractivity contribution in [2.45, 2.75) is 19.9 Å². The fraction of sp³-hybridized carbons (Fsp3) is 0.429. The molecule has 6 nitrogen and oxygen atoms in total. The van der Waals surface area contributed by atoms with E-state index < -0.39 is 10.2 Å². The molecular formula is C14H21N3O3S. The molecule has 0 aliphatic heterocycles. The zero-order valence-corrected chi connectivity index (χ0v) is 13.5. The molecule has 0 radical (unpaired) electrons. The zero-order chi connectivity index (χ0) is 16.0. The summed E-state index contributed by atoms with van der Waals surface area (Å²) in [5, 5.41) is 0. The van der Waals surface area contributed by atoms with E-state index in [1.807, 2.05) is 0 Å². The van der Waals surface area contributed by atoms with Crippen LogP contribution < -0.4 is 15.2 Å². The normalized spacial score (nSPS) is 11.2. The molecule has 116 valence electrons. The molecule has 0 amide bonds. The lowest BCUT2D eigenvalue weighted by molar-refractivity contribution is 0.410. The van der Waals surface area contributed by atoms with E-state index in [2.05, 4.69) is 16.6 Å². The van der Waals surface area contributed by atoms with Gasteiger partial charge in [0.05, 0.1) is 19.3 Å². The maximum absolute atomic E-state index is 12.2. The van der Waals surface area contributed by atoms with Crippen molar-refractivity contribution in [1.29, 1.82) is 0 Å². The van der Waals surface area contributed by atoms with E-state index >= 15 is 0 Å². The van der Waals surface area contributed by atoms with Gasteiger partial charge in [-0.15, -0.1) is 0 Å².